The van der Waals surface area contributed by atoms with Crippen molar-refractivity contribution in [3.05, 3.63) is 66.0 Å². The molecule has 1 aliphatic heterocycles. The van der Waals surface area contributed by atoms with E-state index < -0.39 is 5.60 Å². The highest BCUT2D eigenvalue weighted by Gasteiger charge is 2.48. The molecule has 1 saturated heterocycles. The molecule has 1 N–H and O–H groups in total. The summed E-state index contributed by atoms with van der Waals surface area (Å²) in [7, 11) is 0. The standard InChI is InChI=1S/C21H26N2O/c24-21(18-6-2-1-3-7-18)12-15-23(16-17-10-13-22-14-11-17)20-9-5-4-8-19(20)21/h1-3,6-7,10-11,13-14,19-20,24H,4-5,8-9,12,15-16H2/t19-,20+,21-/m0/s1. The van der Waals surface area contributed by atoms with E-state index in [0.717, 1.165) is 31.5 Å². The number of fused-ring (bicyclic) bond motifs is 1. The molecule has 3 nitrogen and oxygen atoms in total. The third-order valence-corrected chi connectivity index (χ3v) is 6.00. The predicted molar refractivity (Wildman–Crippen MR) is 95.3 cm³/mol. The Bertz CT molecular complexity index is 660. The van der Waals surface area contributed by atoms with Crippen LogP contribution in [0.25, 0.3) is 0 Å². The van der Waals surface area contributed by atoms with Gasteiger partial charge in [-0.15, -0.1) is 0 Å². The average Bonchev–Trinajstić information content (AvgIpc) is 2.66. The van der Waals surface area contributed by atoms with E-state index in [1.54, 1.807) is 0 Å². The Labute approximate surface area is 144 Å². The van der Waals surface area contributed by atoms with Crippen molar-refractivity contribution in [3.63, 3.8) is 0 Å². The first-order chi connectivity index (χ1) is 11.8. The third-order valence-electron chi connectivity index (χ3n) is 6.00. The highest BCUT2D eigenvalue weighted by atomic mass is 16.3. The van der Waals surface area contributed by atoms with Crippen LogP contribution in [0.3, 0.4) is 0 Å². The van der Waals surface area contributed by atoms with Crippen LogP contribution in [0.4, 0.5) is 0 Å². The Morgan fingerprint density at radius 2 is 1.79 bits per heavy atom. The summed E-state index contributed by atoms with van der Waals surface area (Å²) in [5, 5.41) is 11.6. The van der Waals surface area contributed by atoms with Crippen LogP contribution in [-0.4, -0.2) is 27.6 Å². The molecule has 1 saturated carbocycles. The molecule has 0 amide bonds. The number of rotatable bonds is 3. The zero-order valence-electron chi connectivity index (χ0n) is 14.1. The SMILES string of the molecule is O[C@]1(c2ccccc2)CCN(Cc2ccncc2)[C@@H]2CCCC[C@@H]21. The van der Waals surface area contributed by atoms with Gasteiger partial charge in [0, 0.05) is 37.4 Å². The van der Waals surface area contributed by atoms with Gasteiger partial charge in [0.1, 0.15) is 0 Å². The van der Waals surface area contributed by atoms with E-state index in [1.165, 1.54) is 24.8 Å². The molecule has 0 bridgehead atoms. The second kappa shape index (κ2) is 6.66. The lowest BCUT2D eigenvalue weighted by molar-refractivity contribution is -0.123. The number of pyridine rings is 1. The zero-order valence-corrected chi connectivity index (χ0v) is 14.1. The van der Waals surface area contributed by atoms with E-state index in [2.05, 4.69) is 46.3 Å². The van der Waals surface area contributed by atoms with Crippen molar-refractivity contribution in [3.8, 4) is 0 Å². The molecule has 0 radical (unpaired) electrons. The van der Waals surface area contributed by atoms with E-state index in [4.69, 9.17) is 0 Å². The summed E-state index contributed by atoms with van der Waals surface area (Å²) in [6.07, 6.45) is 9.41. The summed E-state index contributed by atoms with van der Waals surface area (Å²) in [4.78, 5) is 6.72. The van der Waals surface area contributed by atoms with Crippen molar-refractivity contribution in [2.75, 3.05) is 6.54 Å². The van der Waals surface area contributed by atoms with Gasteiger partial charge in [-0.25, -0.2) is 0 Å². The molecule has 4 rings (SSSR count). The Balaban J connectivity index is 1.60. The largest absolute Gasteiger partial charge is 0.385 e. The van der Waals surface area contributed by atoms with Crippen LogP contribution in [0, 0.1) is 5.92 Å². The normalized spacial score (nSPS) is 30.7. The molecule has 1 aliphatic carbocycles. The lowest BCUT2D eigenvalue weighted by atomic mass is 9.66. The maximum Gasteiger partial charge on any atom is 0.0951 e. The number of likely N-dealkylation sites (tertiary alicyclic amines) is 1. The van der Waals surface area contributed by atoms with E-state index >= 15 is 0 Å². The van der Waals surface area contributed by atoms with Crippen LogP contribution in [0.2, 0.25) is 0 Å². The van der Waals surface area contributed by atoms with Crippen molar-refractivity contribution in [2.24, 2.45) is 5.92 Å². The summed E-state index contributed by atoms with van der Waals surface area (Å²) in [5.41, 5.74) is 1.76. The number of nitrogens with zero attached hydrogens (tertiary/aromatic N) is 2. The van der Waals surface area contributed by atoms with E-state index in [-0.39, 0.29) is 0 Å². The maximum atomic E-state index is 11.6. The monoisotopic (exact) mass is 322 g/mol. The predicted octanol–water partition coefficient (Wildman–Crippen LogP) is 3.73. The van der Waals surface area contributed by atoms with Gasteiger partial charge in [-0.2, -0.15) is 0 Å². The van der Waals surface area contributed by atoms with Crippen LogP contribution in [0.1, 0.15) is 43.2 Å². The van der Waals surface area contributed by atoms with Crippen LogP contribution in [0.15, 0.2) is 54.9 Å². The quantitative estimate of drug-likeness (QED) is 0.935. The number of aromatic nitrogens is 1. The minimum absolute atomic E-state index is 0.337. The Morgan fingerprint density at radius 1 is 1.04 bits per heavy atom. The molecule has 24 heavy (non-hydrogen) atoms. The molecule has 126 valence electrons. The maximum absolute atomic E-state index is 11.6. The van der Waals surface area contributed by atoms with Crippen molar-refractivity contribution in [1.82, 2.24) is 9.88 Å². The first kappa shape index (κ1) is 15.8. The van der Waals surface area contributed by atoms with E-state index in [9.17, 15) is 5.11 Å². The zero-order chi connectivity index (χ0) is 16.4. The second-order valence-electron chi connectivity index (χ2n) is 7.32. The summed E-state index contributed by atoms with van der Waals surface area (Å²) in [6, 6.07) is 15.0. The fraction of sp³-hybridized carbons (Fsp3) is 0.476. The summed E-state index contributed by atoms with van der Waals surface area (Å²) in [6.45, 7) is 1.92. The molecule has 2 heterocycles. The molecule has 0 spiro atoms. The van der Waals surface area contributed by atoms with Gasteiger partial charge < -0.3 is 5.11 Å². The average molecular weight is 322 g/mol. The molecule has 2 aliphatic rings. The van der Waals surface area contributed by atoms with Gasteiger partial charge >= 0.3 is 0 Å². The number of hydrogen-bond acceptors (Lipinski definition) is 3. The molecule has 3 heteroatoms. The Morgan fingerprint density at radius 3 is 2.58 bits per heavy atom. The molecule has 0 unspecified atom stereocenters. The lowest BCUT2D eigenvalue weighted by Crippen LogP contribution is -2.57. The minimum atomic E-state index is -0.666. The van der Waals surface area contributed by atoms with E-state index in [0.29, 0.717) is 12.0 Å². The van der Waals surface area contributed by atoms with Crippen molar-refractivity contribution >= 4 is 0 Å². The molecular formula is C21H26N2O. The highest BCUT2D eigenvalue weighted by molar-refractivity contribution is 5.25. The molecule has 1 aromatic heterocycles. The van der Waals surface area contributed by atoms with Gasteiger partial charge in [-0.1, -0.05) is 43.2 Å². The Kier molecular flexibility index (Phi) is 4.38. The van der Waals surface area contributed by atoms with Crippen LogP contribution in [-0.2, 0) is 12.1 Å². The molecule has 3 atom stereocenters. The summed E-state index contributed by atoms with van der Waals surface area (Å²) >= 11 is 0. The number of piperidine rings is 1. The summed E-state index contributed by atoms with van der Waals surface area (Å²) < 4.78 is 0. The molecule has 2 aromatic rings. The van der Waals surface area contributed by atoms with Gasteiger partial charge in [0.2, 0.25) is 0 Å². The highest BCUT2D eigenvalue weighted by Crippen LogP contribution is 2.47. The second-order valence-corrected chi connectivity index (χ2v) is 7.32. The molecule has 1 aromatic carbocycles. The fourth-order valence-corrected chi connectivity index (χ4v) is 4.77. The third kappa shape index (κ3) is 2.87. The van der Waals surface area contributed by atoms with Gasteiger partial charge in [0.15, 0.2) is 0 Å². The van der Waals surface area contributed by atoms with Crippen molar-refractivity contribution in [2.45, 2.75) is 50.3 Å². The first-order valence-corrected chi connectivity index (χ1v) is 9.18. The van der Waals surface area contributed by atoms with Crippen LogP contribution < -0.4 is 0 Å². The Hall–Kier alpha value is -1.71. The smallest absolute Gasteiger partial charge is 0.0951 e. The van der Waals surface area contributed by atoms with E-state index in [1.807, 2.05) is 18.5 Å². The lowest BCUT2D eigenvalue weighted by Gasteiger charge is -2.52. The molecular weight excluding hydrogens is 296 g/mol. The van der Waals surface area contributed by atoms with Crippen LogP contribution >= 0.6 is 0 Å². The summed E-state index contributed by atoms with van der Waals surface area (Å²) in [5.74, 6) is 0.337. The fourth-order valence-electron chi connectivity index (χ4n) is 4.77. The van der Waals surface area contributed by atoms with Crippen molar-refractivity contribution in [1.29, 1.82) is 0 Å². The number of benzene rings is 1. The van der Waals surface area contributed by atoms with Crippen LogP contribution in [0.5, 0.6) is 0 Å². The van der Waals surface area contributed by atoms with Gasteiger partial charge in [-0.05, 0) is 42.5 Å². The van der Waals surface area contributed by atoms with Crippen molar-refractivity contribution < 1.29 is 5.11 Å². The van der Waals surface area contributed by atoms with Gasteiger partial charge in [0.05, 0.1) is 5.60 Å². The number of hydrogen-bond donors (Lipinski definition) is 1. The first-order valence-electron chi connectivity index (χ1n) is 9.18. The number of aliphatic hydroxyl groups is 1. The molecule has 2 fully saturated rings. The van der Waals surface area contributed by atoms with Gasteiger partial charge in [-0.3, -0.25) is 9.88 Å². The van der Waals surface area contributed by atoms with Gasteiger partial charge in [0.25, 0.3) is 0 Å². The minimum Gasteiger partial charge on any atom is -0.385 e. The topological polar surface area (TPSA) is 36.4 Å².